The van der Waals surface area contributed by atoms with Crippen LogP contribution < -0.4 is 5.43 Å². The Morgan fingerprint density at radius 1 is 1.39 bits per heavy atom. The Kier molecular flexibility index (Phi) is 3.31. The van der Waals surface area contributed by atoms with Crippen LogP contribution in [0.4, 0.5) is 0 Å². The fraction of sp³-hybridized carbons (Fsp3) is 0.333. The molecule has 0 spiro atoms. The molecule has 23 heavy (non-hydrogen) atoms. The lowest BCUT2D eigenvalue weighted by molar-refractivity contribution is -0.225. The van der Waals surface area contributed by atoms with Crippen LogP contribution in [0.5, 0.6) is 11.5 Å². The van der Waals surface area contributed by atoms with Crippen LogP contribution in [-0.4, -0.2) is 34.2 Å². The summed E-state index contributed by atoms with van der Waals surface area (Å²) < 4.78 is 16.3. The Balaban J connectivity index is 2.37. The molecule has 0 radical (unpaired) electrons. The normalized spacial score (nSPS) is 20.4. The van der Waals surface area contributed by atoms with Gasteiger partial charge in [0.25, 0.3) is 0 Å². The summed E-state index contributed by atoms with van der Waals surface area (Å²) in [5.41, 5.74) is -1.27. The van der Waals surface area contributed by atoms with Gasteiger partial charge >= 0.3 is 5.97 Å². The third-order valence-electron chi connectivity index (χ3n) is 3.96. The van der Waals surface area contributed by atoms with Crippen molar-refractivity contribution in [1.82, 2.24) is 0 Å². The molecule has 8 heteroatoms. The summed E-state index contributed by atoms with van der Waals surface area (Å²) in [7, 11) is 1.45. The lowest BCUT2D eigenvalue weighted by Crippen LogP contribution is -2.39. The van der Waals surface area contributed by atoms with Gasteiger partial charge in [-0.2, -0.15) is 0 Å². The molecule has 2 heterocycles. The highest BCUT2D eigenvalue weighted by atomic mass is 16.7. The van der Waals surface area contributed by atoms with Gasteiger partial charge in [-0.25, -0.2) is 4.79 Å². The maximum absolute atomic E-state index is 12.6. The molecule has 122 valence electrons. The van der Waals surface area contributed by atoms with Gasteiger partial charge in [-0.05, 0) is 6.92 Å². The van der Waals surface area contributed by atoms with E-state index < -0.39 is 34.2 Å². The first-order chi connectivity index (χ1) is 10.8. The third-order valence-corrected chi connectivity index (χ3v) is 3.96. The quantitative estimate of drug-likeness (QED) is 0.707. The lowest BCUT2D eigenvalue weighted by atomic mass is 9.99. The molecule has 0 unspecified atom stereocenters. The van der Waals surface area contributed by atoms with Crippen LogP contribution in [0.3, 0.4) is 0 Å². The van der Waals surface area contributed by atoms with E-state index in [-0.39, 0.29) is 29.6 Å². The minimum Gasteiger partial charge on any atom is -0.504 e. The average Bonchev–Trinajstić information content (AvgIpc) is 2.49. The summed E-state index contributed by atoms with van der Waals surface area (Å²) in [4.78, 5) is 24.0. The highest BCUT2D eigenvalue weighted by Crippen LogP contribution is 2.37. The molecule has 3 N–H and O–H groups in total. The molecule has 1 aromatic carbocycles. The number of carboxylic acid groups (broad SMARTS) is 1. The molecule has 0 saturated carbocycles. The number of hydrogen-bond donors (Lipinski definition) is 3. The minimum atomic E-state index is -1.55. The molecule has 0 fully saturated rings. The van der Waals surface area contributed by atoms with E-state index >= 15 is 0 Å². The predicted octanol–water partition coefficient (Wildman–Crippen LogP) is 1.34. The predicted molar refractivity (Wildman–Crippen MR) is 76.7 cm³/mol. The van der Waals surface area contributed by atoms with Crippen molar-refractivity contribution in [2.24, 2.45) is 0 Å². The first-order valence-electron chi connectivity index (χ1n) is 6.73. The van der Waals surface area contributed by atoms with Crippen molar-refractivity contribution in [3.05, 3.63) is 33.2 Å². The zero-order chi connectivity index (χ0) is 16.9. The van der Waals surface area contributed by atoms with Gasteiger partial charge < -0.3 is 29.2 Å². The summed E-state index contributed by atoms with van der Waals surface area (Å²) in [5.74, 6) is -3.78. The standard InChI is InChI=1S/C15H14O8/c1-15(21-2)4-9-6(5-22-15)12(17)10-8(23-9)3-7(16)13(18)11(10)14(19)20/h3,16,18H,4-5H2,1-2H3,(H,19,20)/t15-/m1/s1. The zero-order valence-electron chi connectivity index (χ0n) is 12.4. The van der Waals surface area contributed by atoms with Gasteiger partial charge in [0.2, 0.25) is 0 Å². The number of phenolic OH excluding ortho intramolecular Hbond substituents is 1. The van der Waals surface area contributed by atoms with Gasteiger partial charge in [-0.15, -0.1) is 0 Å². The van der Waals surface area contributed by atoms with Gasteiger partial charge in [-0.3, -0.25) is 4.79 Å². The number of aromatic hydroxyl groups is 2. The summed E-state index contributed by atoms with van der Waals surface area (Å²) in [6.07, 6.45) is 0.147. The zero-order valence-corrected chi connectivity index (χ0v) is 12.4. The van der Waals surface area contributed by atoms with Crippen molar-refractivity contribution in [3.63, 3.8) is 0 Å². The highest BCUT2D eigenvalue weighted by Gasteiger charge is 2.35. The van der Waals surface area contributed by atoms with Crippen LogP contribution in [0.15, 0.2) is 15.3 Å². The second-order valence-electron chi connectivity index (χ2n) is 5.43. The number of hydrogen-bond acceptors (Lipinski definition) is 7. The number of methoxy groups -OCH3 is 1. The summed E-state index contributed by atoms with van der Waals surface area (Å²) >= 11 is 0. The van der Waals surface area contributed by atoms with Crippen LogP contribution in [0.25, 0.3) is 11.0 Å². The van der Waals surface area contributed by atoms with E-state index in [4.69, 9.17) is 13.9 Å². The molecule has 0 aliphatic carbocycles. The molecule has 3 rings (SSSR count). The van der Waals surface area contributed by atoms with E-state index in [1.165, 1.54) is 7.11 Å². The van der Waals surface area contributed by atoms with Crippen molar-refractivity contribution in [3.8, 4) is 11.5 Å². The van der Waals surface area contributed by atoms with E-state index in [0.717, 1.165) is 6.07 Å². The summed E-state index contributed by atoms with van der Waals surface area (Å²) in [5, 5.41) is 28.3. The van der Waals surface area contributed by atoms with E-state index in [1.807, 2.05) is 0 Å². The molecule has 2 aromatic rings. The minimum absolute atomic E-state index is 0.112. The molecular weight excluding hydrogens is 308 g/mol. The number of fused-ring (bicyclic) bond motifs is 2. The van der Waals surface area contributed by atoms with Gasteiger partial charge in [0, 0.05) is 13.2 Å². The number of phenols is 2. The Labute approximate surface area is 129 Å². The second-order valence-corrected chi connectivity index (χ2v) is 5.43. The van der Waals surface area contributed by atoms with E-state index in [1.54, 1.807) is 6.92 Å². The van der Waals surface area contributed by atoms with Crippen molar-refractivity contribution >= 4 is 16.9 Å². The third kappa shape index (κ3) is 2.23. The Morgan fingerprint density at radius 2 is 2.09 bits per heavy atom. The van der Waals surface area contributed by atoms with Crippen LogP contribution in [0.1, 0.15) is 28.6 Å². The summed E-state index contributed by atoms with van der Waals surface area (Å²) in [6, 6.07) is 1.01. The lowest BCUT2D eigenvalue weighted by Gasteiger charge is -2.32. The second kappa shape index (κ2) is 4.97. The first kappa shape index (κ1) is 15.3. The van der Waals surface area contributed by atoms with Gasteiger partial charge in [-0.1, -0.05) is 0 Å². The molecule has 1 atom stereocenters. The monoisotopic (exact) mass is 322 g/mol. The molecule has 1 aliphatic heterocycles. The topological polar surface area (TPSA) is 126 Å². The van der Waals surface area contributed by atoms with Gasteiger partial charge in [0.15, 0.2) is 22.7 Å². The van der Waals surface area contributed by atoms with Crippen LogP contribution in [0.2, 0.25) is 0 Å². The molecule has 0 bridgehead atoms. The molecule has 0 saturated heterocycles. The average molecular weight is 322 g/mol. The molecule has 8 nitrogen and oxygen atoms in total. The highest BCUT2D eigenvalue weighted by molar-refractivity contribution is 6.06. The molecular formula is C15H14O8. The van der Waals surface area contributed by atoms with Crippen molar-refractivity contribution in [1.29, 1.82) is 0 Å². The summed E-state index contributed by atoms with van der Waals surface area (Å²) in [6.45, 7) is 1.57. The Morgan fingerprint density at radius 3 is 2.70 bits per heavy atom. The SMILES string of the molecule is CO[C@@]1(C)Cc2oc3cc(O)c(O)c(C(=O)O)c3c(=O)c2CO1. The van der Waals surface area contributed by atoms with E-state index in [2.05, 4.69) is 0 Å². The molecule has 1 aliphatic rings. The van der Waals surface area contributed by atoms with E-state index in [9.17, 15) is 24.9 Å². The number of carboxylic acids is 1. The van der Waals surface area contributed by atoms with Crippen LogP contribution in [-0.2, 0) is 22.5 Å². The number of ether oxygens (including phenoxy) is 2. The maximum atomic E-state index is 12.6. The number of benzene rings is 1. The fourth-order valence-electron chi connectivity index (χ4n) is 2.61. The molecule has 0 amide bonds. The van der Waals surface area contributed by atoms with Crippen molar-refractivity contribution in [2.45, 2.75) is 25.7 Å². The van der Waals surface area contributed by atoms with Gasteiger partial charge in [0.05, 0.1) is 24.0 Å². The van der Waals surface area contributed by atoms with Crippen LogP contribution >= 0.6 is 0 Å². The van der Waals surface area contributed by atoms with Crippen LogP contribution in [0, 0.1) is 0 Å². The fourth-order valence-corrected chi connectivity index (χ4v) is 2.61. The number of aromatic carboxylic acids is 1. The number of carbonyl (C=O) groups is 1. The Bertz CT molecular complexity index is 881. The maximum Gasteiger partial charge on any atom is 0.340 e. The molecule has 1 aromatic heterocycles. The smallest absolute Gasteiger partial charge is 0.340 e. The van der Waals surface area contributed by atoms with Crippen molar-refractivity contribution in [2.75, 3.05) is 7.11 Å². The van der Waals surface area contributed by atoms with Gasteiger partial charge in [0.1, 0.15) is 16.9 Å². The Hall–Kier alpha value is -2.58. The van der Waals surface area contributed by atoms with Crippen molar-refractivity contribution < 1.29 is 34.0 Å². The number of rotatable bonds is 2. The first-order valence-corrected chi connectivity index (χ1v) is 6.73. The van der Waals surface area contributed by atoms with E-state index in [0.29, 0.717) is 5.76 Å². The largest absolute Gasteiger partial charge is 0.504 e.